The zero-order valence-corrected chi connectivity index (χ0v) is 20.0. The summed E-state index contributed by atoms with van der Waals surface area (Å²) in [5, 5.41) is 18.1. The fraction of sp³-hybridized carbons (Fsp3) is 0.423. The Morgan fingerprint density at radius 1 is 1.12 bits per heavy atom. The molecule has 1 aliphatic heterocycles. The standard InChI is InChI=1S/C26H33N5O3/c1-26(2,3)23(25(34)30-14-12-19(32)13-15-30)28-24(33)22-20-6-4-5-7-21(20)31(29-22)16-17-8-10-18(27)11-9-17/h4-11,19,23,32H,12-16,27H2,1-3H3,(H,28,33). The van der Waals surface area contributed by atoms with E-state index in [0.29, 0.717) is 43.9 Å². The van der Waals surface area contributed by atoms with Crippen molar-refractivity contribution in [1.29, 1.82) is 0 Å². The van der Waals surface area contributed by atoms with E-state index in [1.807, 2.05) is 69.3 Å². The Kier molecular flexibility index (Phi) is 6.61. The van der Waals surface area contributed by atoms with E-state index in [9.17, 15) is 14.7 Å². The number of rotatable bonds is 5. The van der Waals surface area contributed by atoms with E-state index in [2.05, 4.69) is 10.4 Å². The third-order valence-corrected chi connectivity index (χ3v) is 6.35. The number of amides is 2. The van der Waals surface area contributed by atoms with Crippen LogP contribution in [0, 0.1) is 5.41 Å². The van der Waals surface area contributed by atoms with E-state index in [0.717, 1.165) is 16.5 Å². The first-order valence-corrected chi connectivity index (χ1v) is 11.7. The number of nitrogen functional groups attached to an aromatic ring is 1. The number of aliphatic hydroxyl groups is 1. The first-order valence-electron chi connectivity index (χ1n) is 11.7. The molecule has 0 spiro atoms. The summed E-state index contributed by atoms with van der Waals surface area (Å²) < 4.78 is 1.80. The number of likely N-dealkylation sites (tertiary alicyclic amines) is 1. The van der Waals surface area contributed by atoms with Gasteiger partial charge in [0, 0.05) is 24.2 Å². The van der Waals surface area contributed by atoms with Crippen LogP contribution in [0.1, 0.15) is 49.7 Å². The highest BCUT2D eigenvalue weighted by molar-refractivity contribution is 6.06. The molecule has 1 aliphatic rings. The van der Waals surface area contributed by atoms with E-state index >= 15 is 0 Å². The van der Waals surface area contributed by atoms with Gasteiger partial charge >= 0.3 is 0 Å². The zero-order chi connectivity index (χ0) is 24.5. The molecule has 2 heterocycles. The van der Waals surface area contributed by atoms with Gasteiger partial charge < -0.3 is 21.1 Å². The highest BCUT2D eigenvalue weighted by Crippen LogP contribution is 2.25. The van der Waals surface area contributed by atoms with Gasteiger partial charge in [0.2, 0.25) is 5.91 Å². The number of nitrogens with one attached hydrogen (secondary N) is 1. The summed E-state index contributed by atoms with van der Waals surface area (Å²) in [6.45, 7) is 7.28. The number of carbonyl (C=O) groups is 2. The Balaban J connectivity index is 1.60. The second-order valence-corrected chi connectivity index (χ2v) is 10.1. The monoisotopic (exact) mass is 463 g/mol. The van der Waals surface area contributed by atoms with Crippen LogP contribution in [0.3, 0.4) is 0 Å². The minimum Gasteiger partial charge on any atom is -0.399 e. The fourth-order valence-corrected chi connectivity index (χ4v) is 4.33. The molecular formula is C26H33N5O3. The minimum absolute atomic E-state index is 0.127. The number of aliphatic hydroxyl groups excluding tert-OH is 1. The summed E-state index contributed by atoms with van der Waals surface area (Å²) in [6.07, 6.45) is 0.733. The summed E-state index contributed by atoms with van der Waals surface area (Å²) in [5.41, 5.74) is 8.15. The Hall–Kier alpha value is -3.39. The van der Waals surface area contributed by atoms with Crippen LogP contribution in [0.15, 0.2) is 48.5 Å². The lowest BCUT2D eigenvalue weighted by molar-refractivity contribution is -0.137. The Morgan fingerprint density at radius 2 is 1.76 bits per heavy atom. The van der Waals surface area contributed by atoms with Crippen LogP contribution in [0.25, 0.3) is 10.9 Å². The smallest absolute Gasteiger partial charge is 0.273 e. The van der Waals surface area contributed by atoms with Gasteiger partial charge in [0.05, 0.1) is 18.2 Å². The van der Waals surface area contributed by atoms with Crippen molar-refractivity contribution in [2.24, 2.45) is 5.41 Å². The molecule has 0 bridgehead atoms. The zero-order valence-electron chi connectivity index (χ0n) is 20.0. The number of carbonyl (C=O) groups excluding carboxylic acids is 2. The van der Waals surface area contributed by atoms with Gasteiger partial charge in [-0.2, -0.15) is 5.10 Å². The number of aromatic nitrogens is 2. The largest absolute Gasteiger partial charge is 0.399 e. The van der Waals surface area contributed by atoms with Crippen molar-refractivity contribution < 1.29 is 14.7 Å². The van der Waals surface area contributed by atoms with Crippen LogP contribution < -0.4 is 11.1 Å². The molecule has 0 saturated carbocycles. The Labute approximate surface area is 199 Å². The molecule has 8 heteroatoms. The van der Waals surface area contributed by atoms with Crippen LogP contribution >= 0.6 is 0 Å². The summed E-state index contributed by atoms with van der Waals surface area (Å²) in [6, 6.07) is 14.4. The first kappa shape index (κ1) is 23.8. The van der Waals surface area contributed by atoms with Gasteiger partial charge in [0.1, 0.15) is 6.04 Å². The van der Waals surface area contributed by atoms with Gasteiger partial charge in [-0.3, -0.25) is 14.3 Å². The molecule has 1 aromatic heterocycles. The summed E-state index contributed by atoms with van der Waals surface area (Å²) in [5.74, 6) is -0.504. The van der Waals surface area contributed by atoms with Crippen molar-refractivity contribution in [3.8, 4) is 0 Å². The van der Waals surface area contributed by atoms with Crippen LogP contribution in [-0.4, -0.2) is 56.8 Å². The maximum absolute atomic E-state index is 13.5. The van der Waals surface area contributed by atoms with Crippen LogP contribution in [0.2, 0.25) is 0 Å². The molecule has 8 nitrogen and oxygen atoms in total. The van der Waals surface area contributed by atoms with Crippen molar-refractivity contribution in [3.63, 3.8) is 0 Å². The van der Waals surface area contributed by atoms with Gasteiger partial charge in [0.15, 0.2) is 5.69 Å². The predicted molar refractivity (Wildman–Crippen MR) is 132 cm³/mol. The van der Waals surface area contributed by atoms with E-state index in [-0.39, 0.29) is 17.9 Å². The number of para-hydroxylation sites is 1. The van der Waals surface area contributed by atoms with Crippen molar-refractivity contribution >= 4 is 28.4 Å². The molecule has 3 aromatic rings. The molecule has 4 rings (SSSR count). The molecule has 180 valence electrons. The number of fused-ring (bicyclic) bond motifs is 1. The van der Waals surface area contributed by atoms with E-state index in [1.165, 1.54) is 0 Å². The summed E-state index contributed by atoms with van der Waals surface area (Å²) >= 11 is 0. The number of hydrogen-bond donors (Lipinski definition) is 3. The lowest BCUT2D eigenvalue weighted by Gasteiger charge is -2.37. The predicted octanol–water partition coefficient (Wildman–Crippen LogP) is 2.79. The molecule has 4 N–H and O–H groups in total. The third kappa shape index (κ3) is 5.07. The molecule has 2 amide bonds. The summed E-state index contributed by atoms with van der Waals surface area (Å²) in [4.78, 5) is 28.5. The van der Waals surface area contributed by atoms with E-state index < -0.39 is 11.5 Å². The number of benzene rings is 2. The molecule has 34 heavy (non-hydrogen) atoms. The molecule has 0 radical (unpaired) electrons. The minimum atomic E-state index is -0.712. The molecule has 1 atom stereocenters. The number of nitrogens with zero attached hydrogens (tertiary/aromatic N) is 3. The maximum atomic E-state index is 13.5. The van der Waals surface area contributed by atoms with Crippen LogP contribution in [-0.2, 0) is 11.3 Å². The molecule has 1 unspecified atom stereocenters. The molecule has 0 aliphatic carbocycles. The van der Waals surface area contributed by atoms with Crippen molar-refractivity contribution in [2.75, 3.05) is 18.8 Å². The van der Waals surface area contributed by atoms with Crippen LogP contribution in [0.4, 0.5) is 5.69 Å². The molecule has 2 aromatic carbocycles. The topological polar surface area (TPSA) is 113 Å². The molecule has 1 saturated heterocycles. The van der Waals surface area contributed by atoms with Gasteiger partial charge in [-0.15, -0.1) is 0 Å². The average molecular weight is 464 g/mol. The maximum Gasteiger partial charge on any atom is 0.273 e. The quantitative estimate of drug-likeness (QED) is 0.504. The number of nitrogens with two attached hydrogens (primary N) is 1. The number of hydrogen-bond acceptors (Lipinski definition) is 5. The highest BCUT2D eigenvalue weighted by Gasteiger charge is 2.37. The van der Waals surface area contributed by atoms with Gasteiger partial charge in [-0.05, 0) is 42.0 Å². The SMILES string of the molecule is CC(C)(C)C(NC(=O)c1nn(Cc2ccc(N)cc2)c2ccccc12)C(=O)N1CCC(O)CC1. The van der Waals surface area contributed by atoms with Crippen molar-refractivity contribution in [2.45, 2.75) is 52.3 Å². The lowest BCUT2D eigenvalue weighted by Crippen LogP contribution is -2.56. The van der Waals surface area contributed by atoms with Crippen molar-refractivity contribution in [1.82, 2.24) is 20.0 Å². The number of anilines is 1. The average Bonchev–Trinajstić information content (AvgIpc) is 3.17. The number of piperidine rings is 1. The highest BCUT2D eigenvalue weighted by atomic mass is 16.3. The van der Waals surface area contributed by atoms with Crippen LogP contribution in [0.5, 0.6) is 0 Å². The van der Waals surface area contributed by atoms with Crippen molar-refractivity contribution in [3.05, 3.63) is 59.8 Å². The second kappa shape index (κ2) is 9.46. The lowest BCUT2D eigenvalue weighted by atomic mass is 9.85. The second-order valence-electron chi connectivity index (χ2n) is 10.1. The third-order valence-electron chi connectivity index (χ3n) is 6.35. The van der Waals surface area contributed by atoms with E-state index in [4.69, 9.17) is 5.73 Å². The first-order chi connectivity index (χ1) is 16.1. The van der Waals surface area contributed by atoms with E-state index in [1.54, 1.807) is 9.58 Å². The summed E-state index contributed by atoms with van der Waals surface area (Å²) in [7, 11) is 0. The van der Waals surface area contributed by atoms with Gasteiger partial charge in [-0.25, -0.2) is 0 Å². The Morgan fingerprint density at radius 3 is 2.41 bits per heavy atom. The molecular weight excluding hydrogens is 430 g/mol. The Bertz CT molecular complexity index is 1170. The normalized spacial score (nSPS) is 15.9. The molecule has 1 fully saturated rings. The fourth-order valence-electron chi connectivity index (χ4n) is 4.33. The van der Waals surface area contributed by atoms with Gasteiger partial charge in [0.25, 0.3) is 5.91 Å². The van der Waals surface area contributed by atoms with Gasteiger partial charge in [-0.1, -0.05) is 51.1 Å².